The first-order valence-corrected chi connectivity index (χ1v) is 7.16. The zero-order valence-electron chi connectivity index (χ0n) is 12.6. The minimum absolute atomic E-state index is 0.0728. The lowest BCUT2D eigenvalue weighted by Gasteiger charge is -2.26. The molecule has 0 spiro atoms. The van der Waals surface area contributed by atoms with E-state index in [1.165, 1.54) is 5.56 Å². The molecule has 1 amide bonds. The van der Waals surface area contributed by atoms with Crippen molar-refractivity contribution in [3.63, 3.8) is 0 Å². The number of hydrogen-bond acceptors (Lipinski definition) is 4. The van der Waals surface area contributed by atoms with Gasteiger partial charge in [0.05, 0.1) is 0 Å². The lowest BCUT2D eigenvalue weighted by atomic mass is 10.1. The number of nitrogens with zero attached hydrogens (tertiary/aromatic N) is 2. The molecule has 0 aromatic carbocycles. The van der Waals surface area contributed by atoms with Crippen LogP contribution in [0, 0.1) is 0 Å². The molecule has 1 aliphatic rings. The van der Waals surface area contributed by atoms with Crippen LogP contribution in [-0.2, 0) is 11.3 Å². The molecule has 0 bridgehead atoms. The molecular formula is C15H24N4O. The molecule has 110 valence electrons. The third-order valence-corrected chi connectivity index (χ3v) is 3.29. The Labute approximate surface area is 120 Å². The van der Waals surface area contributed by atoms with Crippen molar-refractivity contribution in [2.75, 3.05) is 24.5 Å². The fourth-order valence-electron chi connectivity index (χ4n) is 2.19. The normalized spacial score (nSPS) is 16.8. The maximum atomic E-state index is 11.4. The third-order valence-electron chi connectivity index (χ3n) is 3.29. The summed E-state index contributed by atoms with van der Waals surface area (Å²) in [5.41, 5.74) is 1.25. The lowest BCUT2D eigenvalue weighted by molar-refractivity contribution is -0.120. The van der Waals surface area contributed by atoms with E-state index in [4.69, 9.17) is 0 Å². The highest BCUT2D eigenvalue weighted by molar-refractivity contribution is 5.77. The molecule has 1 aromatic rings. The number of carbonyl (C=O) groups is 1. The average molecular weight is 276 g/mol. The van der Waals surface area contributed by atoms with Gasteiger partial charge in [0.1, 0.15) is 5.82 Å². The third kappa shape index (κ3) is 4.20. The van der Waals surface area contributed by atoms with Crippen molar-refractivity contribution in [2.45, 2.75) is 39.3 Å². The van der Waals surface area contributed by atoms with E-state index in [0.29, 0.717) is 13.0 Å². The minimum atomic E-state index is 0.0728. The first kappa shape index (κ1) is 14.8. The molecule has 0 aliphatic carbocycles. The highest BCUT2D eigenvalue weighted by Crippen LogP contribution is 2.18. The molecule has 0 saturated carbocycles. The Morgan fingerprint density at radius 1 is 1.40 bits per heavy atom. The summed E-state index contributed by atoms with van der Waals surface area (Å²) in [6.45, 7) is 9.45. The molecule has 1 saturated heterocycles. The Kier molecular flexibility index (Phi) is 4.60. The van der Waals surface area contributed by atoms with Crippen molar-refractivity contribution in [2.24, 2.45) is 0 Å². The first-order chi connectivity index (χ1) is 9.46. The van der Waals surface area contributed by atoms with Gasteiger partial charge >= 0.3 is 0 Å². The van der Waals surface area contributed by atoms with Crippen LogP contribution in [0.5, 0.6) is 0 Å². The topological polar surface area (TPSA) is 57.3 Å². The van der Waals surface area contributed by atoms with Crippen LogP contribution in [0.3, 0.4) is 0 Å². The number of nitrogens with one attached hydrogen (secondary N) is 2. The van der Waals surface area contributed by atoms with Gasteiger partial charge in [-0.2, -0.15) is 0 Å². The minimum Gasteiger partial charge on any atom is -0.354 e. The Balaban J connectivity index is 2.12. The molecule has 20 heavy (non-hydrogen) atoms. The Morgan fingerprint density at radius 3 is 2.95 bits per heavy atom. The van der Waals surface area contributed by atoms with Crippen molar-refractivity contribution in [1.29, 1.82) is 0 Å². The predicted molar refractivity (Wildman–Crippen MR) is 80.7 cm³/mol. The van der Waals surface area contributed by atoms with Crippen molar-refractivity contribution in [3.8, 4) is 0 Å². The zero-order chi connectivity index (χ0) is 14.6. The van der Waals surface area contributed by atoms with Gasteiger partial charge < -0.3 is 15.5 Å². The predicted octanol–water partition coefficient (Wildman–Crippen LogP) is 1.30. The Bertz CT molecular complexity index is 467. The van der Waals surface area contributed by atoms with Gasteiger partial charge in [-0.1, -0.05) is 6.07 Å². The fourth-order valence-corrected chi connectivity index (χ4v) is 2.19. The van der Waals surface area contributed by atoms with E-state index in [2.05, 4.69) is 47.4 Å². The maximum absolute atomic E-state index is 11.4. The lowest BCUT2D eigenvalue weighted by Crippen LogP contribution is -2.36. The number of hydrogen-bond donors (Lipinski definition) is 2. The second-order valence-corrected chi connectivity index (χ2v) is 6.18. The van der Waals surface area contributed by atoms with Crippen molar-refractivity contribution in [3.05, 3.63) is 23.9 Å². The van der Waals surface area contributed by atoms with Crippen molar-refractivity contribution in [1.82, 2.24) is 15.6 Å². The molecule has 1 fully saturated rings. The molecule has 2 heterocycles. The van der Waals surface area contributed by atoms with Gasteiger partial charge in [0.25, 0.3) is 0 Å². The molecular weight excluding hydrogens is 252 g/mol. The van der Waals surface area contributed by atoms with Crippen LogP contribution in [0.2, 0.25) is 0 Å². The Morgan fingerprint density at radius 2 is 2.20 bits per heavy atom. The number of amides is 1. The van der Waals surface area contributed by atoms with Crippen LogP contribution >= 0.6 is 0 Å². The zero-order valence-corrected chi connectivity index (χ0v) is 12.6. The van der Waals surface area contributed by atoms with Crippen LogP contribution in [0.15, 0.2) is 18.3 Å². The fraction of sp³-hybridized carbons (Fsp3) is 0.600. The first-order valence-electron chi connectivity index (χ1n) is 7.16. The summed E-state index contributed by atoms with van der Waals surface area (Å²) in [6, 6.07) is 4.06. The second kappa shape index (κ2) is 6.22. The summed E-state index contributed by atoms with van der Waals surface area (Å²) >= 11 is 0. The molecule has 1 aliphatic heterocycles. The number of carbonyl (C=O) groups excluding carboxylic acids is 1. The van der Waals surface area contributed by atoms with Gasteiger partial charge in [-0.25, -0.2) is 4.98 Å². The van der Waals surface area contributed by atoms with Gasteiger partial charge in [0, 0.05) is 49.9 Å². The molecule has 2 rings (SSSR count). The number of aromatic nitrogens is 1. The van der Waals surface area contributed by atoms with Crippen LogP contribution in [-0.4, -0.2) is 36.1 Å². The molecule has 0 unspecified atom stereocenters. The second-order valence-electron chi connectivity index (χ2n) is 6.18. The molecule has 5 nitrogen and oxygen atoms in total. The summed E-state index contributed by atoms with van der Waals surface area (Å²) in [5.74, 6) is 1.11. The molecule has 2 N–H and O–H groups in total. The molecule has 1 aromatic heterocycles. The monoisotopic (exact) mass is 276 g/mol. The molecule has 5 heteroatoms. The van der Waals surface area contributed by atoms with Gasteiger partial charge in [0.2, 0.25) is 5.91 Å². The Hall–Kier alpha value is -1.62. The van der Waals surface area contributed by atoms with Gasteiger partial charge in [-0.3, -0.25) is 4.79 Å². The summed E-state index contributed by atoms with van der Waals surface area (Å²) in [4.78, 5) is 18.1. The smallest absolute Gasteiger partial charge is 0.221 e. The van der Waals surface area contributed by atoms with E-state index >= 15 is 0 Å². The van der Waals surface area contributed by atoms with E-state index in [1.54, 1.807) is 0 Å². The SMILES string of the molecule is CC(C)(C)NCc1cccnc1N1CCNC(=O)CC1. The highest BCUT2D eigenvalue weighted by Gasteiger charge is 2.18. The van der Waals surface area contributed by atoms with Crippen LogP contribution in [0.4, 0.5) is 5.82 Å². The summed E-state index contributed by atoms with van der Waals surface area (Å²) in [6.07, 6.45) is 2.35. The number of anilines is 1. The van der Waals surface area contributed by atoms with E-state index in [1.807, 2.05) is 12.3 Å². The van der Waals surface area contributed by atoms with Gasteiger partial charge in [0.15, 0.2) is 0 Å². The van der Waals surface area contributed by atoms with E-state index < -0.39 is 0 Å². The van der Waals surface area contributed by atoms with Gasteiger partial charge in [-0.15, -0.1) is 0 Å². The van der Waals surface area contributed by atoms with Gasteiger partial charge in [-0.05, 0) is 26.8 Å². The highest BCUT2D eigenvalue weighted by atomic mass is 16.1. The molecule has 0 radical (unpaired) electrons. The summed E-state index contributed by atoms with van der Waals surface area (Å²) in [5, 5.41) is 6.39. The number of rotatable bonds is 3. The van der Waals surface area contributed by atoms with E-state index in [9.17, 15) is 4.79 Å². The standard InChI is InChI=1S/C15H24N4O/c1-15(2,3)18-11-12-5-4-7-17-14(12)19-9-6-13(20)16-8-10-19/h4-5,7,18H,6,8-11H2,1-3H3,(H,16,20). The van der Waals surface area contributed by atoms with Crippen molar-refractivity contribution < 1.29 is 4.79 Å². The van der Waals surface area contributed by atoms with Crippen LogP contribution < -0.4 is 15.5 Å². The van der Waals surface area contributed by atoms with E-state index in [-0.39, 0.29) is 11.4 Å². The quantitative estimate of drug-likeness (QED) is 0.873. The van der Waals surface area contributed by atoms with Crippen LogP contribution in [0.25, 0.3) is 0 Å². The number of pyridine rings is 1. The summed E-state index contributed by atoms with van der Waals surface area (Å²) < 4.78 is 0. The largest absolute Gasteiger partial charge is 0.354 e. The summed E-state index contributed by atoms with van der Waals surface area (Å²) in [7, 11) is 0. The maximum Gasteiger partial charge on any atom is 0.221 e. The molecule has 0 atom stereocenters. The van der Waals surface area contributed by atoms with Crippen molar-refractivity contribution >= 4 is 11.7 Å². The van der Waals surface area contributed by atoms with Crippen LogP contribution in [0.1, 0.15) is 32.8 Å². The average Bonchev–Trinajstić information content (AvgIpc) is 2.61. The van der Waals surface area contributed by atoms with E-state index in [0.717, 1.165) is 25.5 Å².